The van der Waals surface area contributed by atoms with E-state index in [1.807, 2.05) is 17.7 Å². The molecule has 0 aromatic carbocycles. The Labute approximate surface area is 119 Å². The minimum atomic E-state index is 0.329. The van der Waals surface area contributed by atoms with Crippen molar-refractivity contribution in [1.82, 2.24) is 25.3 Å². The van der Waals surface area contributed by atoms with Gasteiger partial charge in [0.1, 0.15) is 0 Å². The lowest BCUT2D eigenvalue weighted by Crippen LogP contribution is -2.30. The lowest BCUT2D eigenvalue weighted by molar-refractivity contribution is 0.181. The third-order valence-corrected chi connectivity index (χ3v) is 3.17. The second kappa shape index (κ2) is 6.67. The van der Waals surface area contributed by atoms with E-state index in [0.29, 0.717) is 12.6 Å². The number of hydrogen-bond acceptors (Lipinski definition) is 4. The number of aromatic nitrogens is 4. The van der Waals surface area contributed by atoms with Gasteiger partial charge in [0.05, 0.1) is 30.2 Å². The van der Waals surface area contributed by atoms with Crippen LogP contribution in [0.2, 0.25) is 0 Å². The highest BCUT2D eigenvalue weighted by Crippen LogP contribution is 2.04. The van der Waals surface area contributed by atoms with E-state index in [9.17, 15) is 0 Å². The molecule has 6 heteroatoms. The fraction of sp³-hybridized carbons (Fsp3) is 0.571. The van der Waals surface area contributed by atoms with Gasteiger partial charge in [0.15, 0.2) is 0 Å². The predicted molar refractivity (Wildman–Crippen MR) is 77.3 cm³/mol. The first-order valence-electron chi connectivity index (χ1n) is 6.85. The minimum absolute atomic E-state index is 0.329. The minimum Gasteiger partial charge on any atom is -0.378 e. The topological polar surface area (TPSA) is 67.8 Å². The van der Waals surface area contributed by atoms with Crippen molar-refractivity contribution >= 4 is 0 Å². The number of nitrogens with one attached hydrogen (secondary N) is 2. The normalized spacial score (nSPS) is 12.8. The lowest BCUT2D eigenvalue weighted by atomic mass is 10.3. The Morgan fingerprint density at radius 2 is 2.20 bits per heavy atom. The third-order valence-electron chi connectivity index (χ3n) is 3.17. The number of hydrogen-bond donors (Lipinski definition) is 2. The molecule has 0 fully saturated rings. The van der Waals surface area contributed by atoms with Crippen LogP contribution in [0, 0.1) is 13.8 Å². The van der Waals surface area contributed by atoms with Crippen LogP contribution in [0.4, 0.5) is 0 Å². The Balaban J connectivity index is 1.82. The van der Waals surface area contributed by atoms with E-state index in [0.717, 1.165) is 30.2 Å². The molecule has 2 heterocycles. The van der Waals surface area contributed by atoms with Crippen molar-refractivity contribution in [2.24, 2.45) is 0 Å². The Morgan fingerprint density at radius 1 is 1.40 bits per heavy atom. The van der Waals surface area contributed by atoms with Crippen molar-refractivity contribution in [3.63, 3.8) is 0 Å². The molecule has 0 aliphatic heterocycles. The fourth-order valence-corrected chi connectivity index (χ4v) is 2.19. The van der Waals surface area contributed by atoms with Gasteiger partial charge in [-0.25, -0.2) is 0 Å². The molecule has 0 aliphatic rings. The number of H-pyrrole nitrogens is 1. The van der Waals surface area contributed by atoms with Gasteiger partial charge in [-0.3, -0.25) is 9.78 Å². The summed E-state index contributed by atoms with van der Waals surface area (Å²) in [5, 5.41) is 15.1. The smallest absolute Gasteiger partial charge is 0.0878 e. The van der Waals surface area contributed by atoms with Gasteiger partial charge in [-0.2, -0.15) is 10.2 Å². The zero-order valence-corrected chi connectivity index (χ0v) is 12.6. The maximum atomic E-state index is 5.06. The van der Waals surface area contributed by atoms with Gasteiger partial charge in [0.2, 0.25) is 0 Å². The summed E-state index contributed by atoms with van der Waals surface area (Å²) >= 11 is 0. The molecule has 6 nitrogen and oxygen atoms in total. The SMILES string of the molecule is COCc1cc(CNC(C)Cn2nc(C)cc2C)n[nH]1. The number of rotatable bonds is 7. The van der Waals surface area contributed by atoms with Crippen LogP contribution in [0.5, 0.6) is 0 Å². The van der Waals surface area contributed by atoms with E-state index in [1.165, 1.54) is 5.69 Å². The van der Waals surface area contributed by atoms with Crippen LogP contribution in [-0.2, 0) is 24.4 Å². The summed E-state index contributed by atoms with van der Waals surface area (Å²) in [5.41, 5.74) is 4.25. The number of aryl methyl sites for hydroxylation is 2. The number of methoxy groups -OCH3 is 1. The van der Waals surface area contributed by atoms with Gasteiger partial charge in [0, 0.05) is 25.4 Å². The van der Waals surface area contributed by atoms with Crippen molar-refractivity contribution in [2.45, 2.75) is 46.5 Å². The van der Waals surface area contributed by atoms with E-state index in [2.05, 4.69) is 40.5 Å². The molecule has 20 heavy (non-hydrogen) atoms. The summed E-state index contributed by atoms with van der Waals surface area (Å²) in [6.07, 6.45) is 0. The molecule has 0 aliphatic carbocycles. The van der Waals surface area contributed by atoms with Gasteiger partial charge >= 0.3 is 0 Å². The Kier molecular flexibility index (Phi) is 4.92. The summed E-state index contributed by atoms with van der Waals surface area (Å²) in [6.45, 7) is 8.41. The summed E-state index contributed by atoms with van der Waals surface area (Å²) in [7, 11) is 1.68. The first kappa shape index (κ1) is 14.7. The zero-order chi connectivity index (χ0) is 14.5. The molecule has 1 unspecified atom stereocenters. The second-order valence-corrected chi connectivity index (χ2v) is 5.21. The van der Waals surface area contributed by atoms with Crippen molar-refractivity contribution < 1.29 is 4.74 Å². The Hall–Kier alpha value is -1.66. The van der Waals surface area contributed by atoms with Crippen LogP contribution in [0.15, 0.2) is 12.1 Å². The molecule has 2 aromatic rings. The molecular formula is C14H23N5O. The number of nitrogens with zero attached hydrogens (tertiary/aromatic N) is 3. The zero-order valence-electron chi connectivity index (χ0n) is 12.6. The van der Waals surface area contributed by atoms with Gasteiger partial charge < -0.3 is 10.1 Å². The quantitative estimate of drug-likeness (QED) is 0.805. The Bertz CT molecular complexity index is 546. The highest BCUT2D eigenvalue weighted by Gasteiger charge is 2.08. The van der Waals surface area contributed by atoms with Crippen LogP contribution in [-0.4, -0.2) is 33.1 Å². The van der Waals surface area contributed by atoms with Crippen molar-refractivity contribution in [1.29, 1.82) is 0 Å². The van der Waals surface area contributed by atoms with Crippen LogP contribution in [0.1, 0.15) is 29.7 Å². The lowest BCUT2D eigenvalue weighted by Gasteiger charge is -2.14. The summed E-state index contributed by atoms with van der Waals surface area (Å²) < 4.78 is 7.09. The highest BCUT2D eigenvalue weighted by molar-refractivity contribution is 5.08. The molecule has 0 radical (unpaired) electrons. The molecule has 0 spiro atoms. The van der Waals surface area contributed by atoms with Crippen LogP contribution in [0.25, 0.3) is 0 Å². The van der Waals surface area contributed by atoms with E-state index < -0.39 is 0 Å². The third kappa shape index (κ3) is 3.91. The maximum absolute atomic E-state index is 5.06. The molecule has 0 saturated heterocycles. The van der Waals surface area contributed by atoms with Gasteiger partial charge in [-0.05, 0) is 32.9 Å². The molecule has 2 rings (SSSR count). The average molecular weight is 277 g/mol. The second-order valence-electron chi connectivity index (χ2n) is 5.21. The average Bonchev–Trinajstić information content (AvgIpc) is 2.95. The fourth-order valence-electron chi connectivity index (χ4n) is 2.19. The molecule has 0 saturated carbocycles. The number of aromatic amines is 1. The van der Waals surface area contributed by atoms with E-state index in [-0.39, 0.29) is 0 Å². The molecule has 2 N–H and O–H groups in total. The monoisotopic (exact) mass is 277 g/mol. The van der Waals surface area contributed by atoms with Crippen molar-refractivity contribution in [3.05, 3.63) is 34.9 Å². The van der Waals surface area contributed by atoms with Crippen LogP contribution in [0.3, 0.4) is 0 Å². The van der Waals surface area contributed by atoms with Crippen LogP contribution < -0.4 is 5.32 Å². The first-order valence-corrected chi connectivity index (χ1v) is 6.85. The summed E-state index contributed by atoms with van der Waals surface area (Å²) in [4.78, 5) is 0. The van der Waals surface area contributed by atoms with Gasteiger partial charge in [-0.15, -0.1) is 0 Å². The van der Waals surface area contributed by atoms with Crippen LogP contribution >= 0.6 is 0 Å². The summed E-state index contributed by atoms with van der Waals surface area (Å²) in [5.74, 6) is 0. The largest absolute Gasteiger partial charge is 0.378 e. The molecule has 0 bridgehead atoms. The van der Waals surface area contributed by atoms with E-state index in [1.54, 1.807) is 7.11 Å². The standard InChI is InChI=1S/C14H23N5O/c1-10-5-12(3)19(18-10)8-11(2)15-7-13-6-14(9-20-4)17-16-13/h5-6,11,15H,7-9H2,1-4H3,(H,16,17). The molecule has 110 valence electrons. The highest BCUT2D eigenvalue weighted by atomic mass is 16.5. The van der Waals surface area contributed by atoms with E-state index >= 15 is 0 Å². The first-order chi connectivity index (χ1) is 9.58. The number of ether oxygens (including phenoxy) is 1. The Morgan fingerprint density at radius 3 is 2.85 bits per heavy atom. The van der Waals surface area contributed by atoms with Crippen molar-refractivity contribution in [3.8, 4) is 0 Å². The summed E-state index contributed by atoms with van der Waals surface area (Å²) in [6, 6.07) is 4.44. The molecule has 1 atom stereocenters. The van der Waals surface area contributed by atoms with Crippen molar-refractivity contribution in [2.75, 3.05) is 7.11 Å². The van der Waals surface area contributed by atoms with E-state index in [4.69, 9.17) is 4.74 Å². The molecule has 0 amide bonds. The van der Waals surface area contributed by atoms with Gasteiger partial charge in [0.25, 0.3) is 0 Å². The molecule has 2 aromatic heterocycles. The maximum Gasteiger partial charge on any atom is 0.0878 e. The molecular weight excluding hydrogens is 254 g/mol. The predicted octanol–water partition coefficient (Wildman–Crippen LogP) is 1.55. The van der Waals surface area contributed by atoms with Gasteiger partial charge in [-0.1, -0.05) is 0 Å².